The Labute approximate surface area is 118 Å². The number of nitrogens with zero attached hydrogens (tertiary/aromatic N) is 5. The van der Waals surface area contributed by atoms with Crippen LogP contribution in [0.2, 0.25) is 0 Å². The first kappa shape index (κ1) is 14.2. The summed E-state index contributed by atoms with van der Waals surface area (Å²) in [5.41, 5.74) is 0.440. The summed E-state index contributed by atoms with van der Waals surface area (Å²) in [6, 6.07) is 1.98. The monoisotopic (exact) mass is 276 g/mol. The molecule has 0 radical (unpaired) electrons. The molecule has 0 aliphatic rings. The molecule has 0 saturated carbocycles. The standard InChI is InChI=1S/C13H20N6O/c1-4-18-9-15-16-12(18)5-7-14-13(20)11-6-8-19(17-11)10(2)3/h6,8-10H,4-5,7H2,1-3H3,(H,14,20). The molecule has 2 aromatic rings. The zero-order valence-corrected chi connectivity index (χ0v) is 12.1. The lowest BCUT2D eigenvalue weighted by Gasteiger charge is -2.05. The highest BCUT2D eigenvalue weighted by atomic mass is 16.1. The third kappa shape index (κ3) is 3.23. The minimum absolute atomic E-state index is 0.160. The minimum atomic E-state index is -0.160. The zero-order valence-electron chi connectivity index (χ0n) is 12.1. The summed E-state index contributed by atoms with van der Waals surface area (Å²) < 4.78 is 3.72. The summed E-state index contributed by atoms with van der Waals surface area (Å²) in [6.07, 6.45) is 4.17. The van der Waals surface area contributed by atoms with Crippen LogP contribution in [0.1, 0.15) is 43.1 Å². The van der Waals surface area contributed by atoms with Crippen molar-refractivity contribution >= 4 is 5.91 Å². The van der Waals surface area contributed by atoms with Gasteiger partial charge < -0.3 is 9.88 Å². The van der Waals surface area contributed by atoms with E-state index in [0.29, 0.717) is 18.7 Å². The van der Waals surface area contributed by atoms with Gasteiger partial charge in [-0.3, -0.25) is 9.48 Å². The third-order valence-corrected chi connectivity index (χ3v) is 3.04. The first-order chi connectivity index (χ1) is 9.61. The molecular weight excluding hydrogens is 256 g/mol. The van der Waals surface area contributed by atoms with Gasteiger partial charge in [-0.25, -0.2) is 0 Å². The molecule has 2 aromatic heterocycles. The van der Waals surface area contributed by atoms with Crippen molar-refractivity contribution in [2.24, 2.45) is 0 Å². The van der Waals surface area contributed by atoms with E-state index in [0.717, 1.165) is 12.4 Å². The SMILES string of the molecule is CCn1cnnc1CCNC(=O)c1ccn(C(C)C)n1. The largest absolute Gasteiger partial charge is 0.350 e. The Bertz CT molecular complexity index is 571. The summed E-state index contributed by atoms with van der Waals surface area (Å²) >= 11 is 0. The van der Waals surface area contributed by atoms with E-state index in [1.165, 1.54) is 0 Å². The molecular formula is C13H20N6O. The molecule has 7 nitrogen and oxygen atoms in total. The number of rotatable bonds is 6. The Morgan fingerprint density at radius 3 is 2.90 bits per heavy atom. The maximum Gasteiger partial charge on any atom is 0.271 e. The van der Waals surface area contributed by atoms with E-state index in [1.54, 1.807) is 17.1 Å². The number of aromatic nitrogens is 5. The molecule has 0 saturated heterocycles. The molecule has 2 rings (SSSR count). The van der Waals surface area contributed by atoms with Crippen molar-refractivity contribution in [2.45, 2.75) is 39.8 Å². The van der Waals surface area contributed by atoms with E-state index in [4.69, 9.17) is 0 Å². The maximum atomic E-state index is 11.9. The molecule has 108 valence electrons. The number of hydrogen-bond acceptors (Lipinski definition) is 4. The van der Waals surface area contributed by atoms with Crippen LogP contribution in [0.15, 0.2) is 18.6 Å². The van der Waals surface area contributed by atoms with Gasteiger partial charge >= 0.3 is 0 Å². The van der Waals surface area contributed by atoms with E-state index in [1.807, 2.05) is 31.5 Å². The second-order valence-electron chi connectivity index (χ2n) is 4.81. The Morgan fingerprint density at radius 2 is 2.25 bits per heavy atom. The predicted octanol–water partition coefficient (Wildman–Crippen LogP) is 1.05. The fourth-order valence-corrected chi connectivity index (χ4v) is 1.86. The van der Waals surface area contributed by atoms with E-state index in [2.05, 4.69) is 20.6 Å². The van der Waals surface area contributed by atoms with Crippen LogP contribution in [0.25, 0.3) is 0 Å². The van der Waals surface area contributed by atoms with Crippen molar-refractivity contribution in [3.63, 3.8) is 0 Å². The molecule has 1 amide bonds. The van der Waals surface area contributed by atoms with Crippen LogP contribution in [0.5, 0.6) is 0 Å². The average Bonchev–Trinajstić information content (AvgIpc) is 3.07. The Balaban J connectivity index is 1.86. The highest BCUT2D eigenvalue weighted by Gasteiger charge is 2.10. The number of amides is 1. The fourth-order valence-electron chi connectivity index (χ4n) is 1.86. The van der Waals surface area contributed by atoms with Gasteiger partial charge in [0, 0.05) is 31.7 Å². The van der Waals surface area contributed by atoms with Gasteiger partial charge in [-0.1, -0.05) is 0 Å². The van der Waals surface area contributed by atoms with Crippen molar-refractivity contribution in [1.82, 2.24) is 29.9 Å². The number of aryl methyl sites for hydroxylation is 1. The van der Waals surface area contributed by atoms with Crippen LogP contribution in [0, 0.1) is 0 Å². The molecule has 0 aliphatic heterocycles. The van der Waals surface area contributed by atoms with Gasteiger partial charge in [0.25, 0.3) is 5.91 Å². The molecule has 0 spiro atoms. The van der Waals surface area contributed by atoms with Crippen molar-refractivity contribution in [1.29, 1.82) is 0 Å². The lowest BCUT2D eigenvalue weighted by atomic mass is 10.3. The Kier molecular flexibility index (Phi) is 4.49. The minimum Gasteiger partial charge on any atom is -0.350 e. The Morgan fingerprint density at radius 1 is 1.45 bits per heavy atom. The van der Waals surface area contributed by atoms with Crippen LogP contribution in [0.3, 0.4) is 0 Å². The topological polar surface area (TPSA) is 77.6 Å². The summed E-state index contributed by atoms with van der Waals surface area (Å²) in [7, 11) is 0. The molecule has 0 aliphatic carbocycles. The normalized spacial score (nSPS) is 11.0. The summed E-state index contributed by atoms with van der Waals surface area (Å²) in [6.45, 7) is 7.42. The van der Waals surface area contributed by atoms with E-state index in [9.17, 15) is 4.79 Å². The lowest BCUT2D eigenvalue weighted by Crippen LogP contribution is -2.27. The van der Waals surface area contributed by atoms with Crippen LogP contribution < -0.4 is 5.32 Å². The molecule has 0 aromatic carbocycles. The quantitative estimate of drug-likeness (QED) is 0.855. The van der Waals surface area contributed by atoms with Crippen molar-refractivity contribution < 1.29 is 4.79 Å². The molecule has 0 unspecified atom stereocenters. The highest BCUT2D eigenvalue weighted by molar-refractivity contribution is 5.92. The van der Waals surface area contributed by atoms with Crippen molar-refractivity contribution in [2.75, 3.05) is 6.54 Å². The smallest absolute Gasteiger partial charge is 0.271 e. The van der Waals surface area contributed by atoms with Crippen molar-refractivity contribution in [3.05, 3.63) is 30.1 Å². The van der Waals surface area contributed by atoms with Crippen LogP contribution in [0.4, 0.5) is 0 Å². The molecule has 0 atom stereocenters. The third-order valence-electron chi connectivity index (χ3n) is 3.04. The summed E-state index contributed by atoms with van der Waals surface area (Å²) in [4.78, 5) is 11.9. The average molecular weight is 276 g/mol. The number of nitrogens with one attached hydrogen (secondary N) is 1. The number of carbonyl (C=O) groups excluding carboxylic acids is 1. The Hall–Kier alpha value is -2.18. The van der Waals surface area contributed by atoms with Gasteiger partial charge in [-0.05, 0) is 26.8 Å². The molecule has 2 heterocycles. The number of hydrogen-bond donors (Lipinski definition) is 1. The van der Waals surface area contributed by atoms with Gasteiger partial charge in [0.05, 0.1) is 0 Å². The van der Waals surface area contributed by atoms with Crippen LogP contribution >= 0.6 is 0 Å². The maximum absolute atomic E-state index is 11.9. The van der Waals surface area contributed by atoms with E-state index < -0.39 is 0 Å². The molecule has 20 heavy (non-hydrogen) atoms. The summed E-state index contributed by atoms with van der Waals surface area (Å²) in [5, 5.41) is 15.0. The van der Waals surface area contributed by atoms with Gasteiger partial charge in [0.1, 0.15) is 17.8 Å². The van der Waals surface area contributed by atoms with Crippen LogP contribution in [-0.2, 0) is 13.0 Å². The van der Waals surface area contributed by atoms with Gasteiger partial charge in [0.2, 0.25) is 0 Å². The van der Waals surface area contributed by atoms with Gasteiger partial charge in [0.15, 0.2) is 0 Å². The lowest BCUT2D eigenvalue weighted by molar-refractivity contribution is 0.0948. The summed E-state index contributed by atoms with van der Waals surface area (Å²) in [5.74, 6) is 0.715. The molecule has 0 fully saturated rings. The van der Waals surface area contributed by atoms with E-state index >= 15 is 0 Å². The fraction of sp³-hybridized carbons (Fsp3) is 0.538. The second-order valence-corrected chi connectivity index (χ2v) is 4.81. The highest BCUT2D eigenvalue weighted by Crippen LogP contribution is 2.04. The van der Waals surface area contributed by atoms with Gasteiger partial charge in [-0.2, -0.15) is 5.10 Å². The van der Waals surface area contributed by atoms with E-state index in [-0.39, 0.29) is 11.9 Å². The van der Waals surface area contributed by atoms with Crippen molar-refractivity contribution in [3.8, 4) is 0 Å². The van der Waals surface area contributed by atoms with Crippen LogP contribution in [-0.4, -0.2) is 37.0 Å². The second kappa shape index (κ2) is 6.31. The zero-order chi connectivity index (χ0) is 14.5. The first-order valence-electron chi connectivity index (χ1n) is 6.81. The molecule has 0 bridgehead atoms. The molecule has 7 heteroatoms. The molecule has 1 N–H and O–H groups in total. The van der Waals surface area contributed by atoms with Gasteiger partial charge in [-0.15, -0.1) is 10.2 Å². The number of carbonyl (C=O) groups is 1. The first-order valence-corrected chi connectivity index (χ1v) is 6.81. The predicted molar refractivity (Wildman–Crippen MR) is 74.3 cm³/mol.